The van der Waals surface area contributed by atoms with Crippen molar-refractivity contribution in [3.63, 3.8) is 0 Å². The van der Waals surface area contributed by atoms with Crippen LogP contribution in [0.3, 0.4) is 0 Å². The lowest BCUT2D eigenvalue weighted by molar-refractivity contribution is 1.08. The Morgan fingerprint density at radius 3 is 2.44 bits per heavy atom. The van der Waals surface area contributed by atoms with E-state index in [1.165, 1.54) is 39.2 Å². The molecule has 0 fully saturated rings. The summed E-state index contributed by atoms with van der Waals surface area (Å²) in [5, 5.41) is 0. The van der Waals surface area contributed by atoms with E-state index in [0.717, 1.165) is 23.5 Å². The van der Waals surface area contributed by atoms with Crippen LogP contribution in [0.4, 0.5) is 0 Å². The number of aryl methyl sites for hydroxylation is 1. The summed E-state index contributed by atoms with van der Waals surface area (Å²) in [6, 6.07) is 12.6. The first-order valence-corrected chi connectivity index (χ1v) is 8.83. The number of aromatic amines is 2. The molecule has 0 saturated heterocycles. The molecule has 3 aromatic rings. The van der Waals surface area contributed by atoms with Gasteiger partial charge in [-0.3, -0.25) is 0 Å². The van der Waals surface area contributed by atoms with Gasteiger partial charge in [0.25, 0.3) is 0 Å². The van der Waals surface area contributed by atoms with Gasteiger partial charge in [0.05, 0.1) is 17.1 Å². The Morgan fingerprint density at radius 2 is 1.80 bits per heavy atom. The molecule has 0 amide bonds. The van der Waals surface area contributed by atoms with Crippen LogP contribution in [-0.4, -0.2) is 15.7 Å². The summed E-state index contributed by atoms with van der Waals surface area (Å²) >= 11 is 0. The summed E-state index contributed by atoms with van der Waals surface area (Å²) in [6.07, 6.45) is 2.99. The normalized spacial score (nSPS) is 15.3. The Labute approximate surface area is 148 Å². The number of nitrogens with zero attached hydrogens (tertiary/aromatic N) is 1. The van der Waals surface area contributed by atoms with Crippen LogP contribution in [0.2, 0.25) is 0 Å². The van der Waals surface area contributed by atoms with Crippen molar-refractivity contribution < 1.29 is 0 Å². The van der Waals surface area contributed by atoms with E-state index in [9.17, 15) is 0 Å². The first kappa shape index (κ1) is 15.7. The van der Waals surface area contributed by atoms with Crippen LogP contribution < -0.4 is 0 Å². The molecule has 0 atom stereocenters. The average molecular weight is 329 g/mol. The maximum Gasteiger partial charge on any atom is 0.0951 e. The molecule has 1 aliphatic heterocycles. The zero-order valence-corrected chi connectivity index (χ0v) is 15.2. The fourth-order valence-corrected chi connectivity index (χ4v) is 3.91. The molecule has 3 heterocycles. The van der Waals surface area contributed by atoms with Gasteiger partial charge in [-0.2, -0.15) is 0 Å². The predicted molar refractivity (Wildman–Crippen MR) is 105 cm³/mol. The molecule has 1 aliphatic rings. The molecule has 2 N–H and O–H groups in total. The Bertz CT molecular complexity index is 998. The standard InChI is InChI=1S/C22H23N3/c1-5-16-13(2)20(24-15(16)4)14(3)21-17-9-6-7-10-18(17)22(25-21)19-11-8-12-23-19/h6-12,23-24H,5H2,1-4H3/b21-14+. The lowest BCUT2D eigenvalue weighted by atomic mass is 9.98. The smallest absolute Gasteiger partial charge is 0.0951 e. The van der Waals surface area contributed by atoms with E-state index >= 15 is 0 Å². The number of hydrogen-bond donors (Lipinski definition) is 2. The van der Waals surface area contributed by atoms with Crippen LogP contribution in [-0.2, 0) is 6.42 Å². The van der Waals surface area contributed by atoms with E-state index < -0.39 is 0 Å². The molecule has 4 rings (SSSR count). The van der Waals surface area contributed by atoms with E-state index in [2.05, 4.69) is 68.0 Å². The Kier molecular flexibility index (Phi) is 3.72. The first-order chi connectivity index (χ1) is 12.1. The first-order valence-electron chi connectivity index (χ1n) is 8.83. The van der Waals surface area contributed by atoms with Crippen molar-refractivity contribution in [2.75, 3.05) is 0 Å². The molecule has 1 aromatic carbocycles. The summed E-state index contributed by atoms with van der Waals surface area (Å²) in [5.41, 5.74) is 12.0. The number of benzene rings is 1. The maximum atomic E-state index is 5.03. The molecule has 0 bridgehead atoms. The maximum absolute atomic E-state index is 5.03. The van der Waals surface area contributed by atoms with Crippen molar-refractivity contribution in [1.82, 2.24) is 9.97 Å². The molecule has 3 heteroatoms. The SMILES string of the molecule is CCc1c(C)[nH]c(/C(C)=C2/N=C(c3ccc[nH]3)c3ccccc32)c1C. The van der Waals surface area contributed by atoms with Gasteiger partial charge in [0.2, 0.25) is 0 Å². The number of nitrogens with one attached hydrogen (secondary N) is 2. The molecule has 0 saturated carbocycles. The molecule has 0 spiro atoms. The van der Waals surface area contributed by atoms with Crippen molar-refractivity contribution in [2.24, 2.45) is 4.99 Å². The zero-order valence-electron chi connectivity index (χ0n) is 15.2. The second kappa shape index (κ2) is 5.92. The highest BCUT2D eigenvalue weighted by molar-refractivity contribution is 6.21. The number of H-pyrrole nitrogens is 2. The highest BCUT2D eigenvalue weighted by atomic mass is 14.9. The summed E-state index contributed by atoms with van der Waals surface area (Å²) in [6.45, 7) is 8.74. The molecular weight excluding hydrogens is 306 g/mol. The fraction of sp³-hybridized carbons (Fsp3) is 0.227. The third kappa shape index (κ3) is 2.39. The van der Waals surface area contributed by atoms with Crippen molar-refractivity contribution in [1.29, 1.82) is 0 Å². The van der Waals surface area contributed by atoms with Crippen LogP contribution >= 0.6 is 0 Å². The second-order valence-corrected chi connectivity index (χ2v) is 6.65. The molecule has 3 nitrogen and oxygen atoms in total. The minimum Gasteiger partial charge on any atom is -0.360 e. The van der Waals surface area contributed by atoms with E-state index in [1.54, 1.807) is 0 Å². The molecular formula is C22H23N3. The van der Waals surface area contributed by atoms with Crippen LogP contribution in [0, 0.1) is 13.8 Å². The van der Waals surface area contributed by atoms with Gasteiger partial charge >= 0.3 is 0 Å². The molecule has 0 radical (unpaired) electrons. The van der Waals surface area contributed by atoms with Crippen LogP contribution in [0.5, 0.6) is 0 Å². The van der Waals surface area contributed by atoms with Crippen LogP contribution in [0.25, 0.3) is 11.3 Å². The van der Waals surface area contributed by atoms with Crippen LogP contribution in [0.15, 0.2) is 47.6 Å². The van der Waals surface area contributed by atoms with Gasteiger partial charge in [0, 0.05) is 28.7 Å². The third-order valence-electron chi connectivity index (χ3n) is 5.19. The Hall–Kier alpha value is -2.81. The lowest BCUT2D eigenvalue weighted by Crippen LogP contribution is -2.00. The van der Waals surface area contributed by atoms with Gasteiger partial charge in [0.1, 0.15) is 0 Å². The second-order valence-electron chi connectivity index (χ2n) is 6.65. The minimum atomic E-state index is 1.02. The summed E-state index contributed by atoms with van der Waals surface area (Å²) in [5.74, 6) is 0. The number of allylic oxidation sites excluding steroid dienone is 1. The van der Waals surface area contributed by atoms with Gasteiger partial charge in [0.15, 0.2) is 0 Å². The quantitative estimate of drug-likeness (QED) is 0.658. The van der Waals surface area contributed by atoms with E-state index in [4.69, 9.17) is 4.99 Å². The minimum absolute atomic E-state index is 1.02. The monoisotopic (exact) mass is 329 g/mol. The van der Waals surface area contributed by atoms with Crippen molar-refractivity contribution in [3.8, 4) is 0 Å². The van der Waals surface area contributed by atoms with Crippen molar-refractivity contribution >= 4 is 17.0 Å². The van der Waals surface area contributed by atoms with Gasteiger partial charge in [-0.25, -0.2) is 4.99 Å². The van der Waals surface area contributed by atoms with Crippen LogP contribution in [0.1, 0.15) is 53.2 Å². The topological polar surface area (TPSA) is 43.9 Å². The fourth-order valence-electron chi connectivity index (χ4n) is 3.91. The largest absolute Gasteiger partial charge is 0.360 e. The van der Waals surface area contributed by atoms with Crippen molar-refractivity contribution in [2.45, 2.75) is 34.1 Å². The molecule has 25 heavy (non-hydrogen) atoms. The Balaban J connectivity index is 1.94. The molecule has 2 aromatic heterocycles. The van der Waals surface area contributed by atoms with Gasteiger partial charge in [-0.1, -0.05) is 31.2 Å². The lowest BCUT2D eigenvalue weighted by Gasteiger charge is -2.06. The van der Waals surface area contributed by atoms with Gasteiger partial charge in [-0.05, 0) is 56.0 Å². The van der Waals surface area contributed by atoms with E-state index in [1.807, 2.05) is 12.3 Å². The number of hydrogen-bond acceptors (Lipinski definition) is 1. The summed E-state index contributed by atoms with van der Waals surface area (Å²) in [4.78, 5) is 11.9. The number of rotatable bonds is 3. The Morgan fingerprint density at radius 1 is 1.04 bits per heavy atom. The third-order valence-corrected chi connectivity index (χ3v) is 5.19. The average Bonchev–Trinajstić information content (AvgIpc) is 3.32. The molecule has 0 aliphatic carbocycles. The zero-order chi connectivity index (χ0) is 17.6. The molecule has 0 unspecified atom stereocenters. The van der Waals surface area contributed by atoms with Crippen molar-refractivity contribution in [3.05, 3.63) is 81.9 Å². The predicted octanol–water partition coefficient (Wildman–Crippen LogP) is 5.26. The number of fused-ring (bicyclic) bond motifs is 1. The summed E-state index contributed by atoms with van der Waals surface area (Å²) in [7, 11) is 0. The van der Waals surface area contributed by atoms with E-state index in [-0.39, 0.29) is 0 Å². The number of aromatic nitrogens is 2. The summed E-state index contributed by atoms with van der Waals surface area (Å²) < 4.78 is 0. The van der Waals surface area contributed by atoms with E-state index in [0.29, 0.717) is 0 Å². The van der Waals surface area contributed by atoms with Gasteiger partial charge < -0.3 is 9.97 Å². The molecule has 126 valence electrons. The highest BCUT2D eigenvalue weighted by Crippen LogP contribution is 2.37. The number of aliphatic imine (C=N–C) groups is 1. The van der Waals surface area contributed by atoms with Gasteiger partial charge in [-0.15, -0.1) is 0 Å². The highest BCUT2D eigenvalue weighted by Gasteiger charge is 2.24.